The Morgan fingerprint density at radius 3 is 2.65 bits per heavy atom. The first-order valence-electron chi connectivity index (χ1n) is 7.51. The molecule has 0 atom stereocenters. The van der Waals surface area contributed by atoms with Crippen molar-refractivity contribution >= 4 is 17.2 Å². The van der Waals surface area contributed by atoms with Crippen molar-refractivity contribution in [3.05, 3.63) is 39.8 Å². The molecule has 0 saturated carbocycles. The third-order valence-corrected chi connectivity index (χ3v) is 4.28. The van der Waals surface area contributed by atoms with Crippen LogP contribution in [0.5, 0.6) is 11.5 Å². The van der Waals surface area contributed by atoms with Gasteiger partial charge in [-0.05, 0) is 37.5 Å². The first kappa shape index (κ1) is 17.3. The summed E-state index contributed by atoms with van der Waals surface area (Å²) in [5.41, 5.74) is 2.08. The van der Waals surface area contributed by atoms with E-state index in [0.717, 1.165) is 22.7 Å². The molecule has 0 aliphatic rings. The van der Waals surface area contributed by atoms with E-state index in [1.54, 1.807) is 25.6 Å². The fourth-order valence-electron chi connectivity index (χ4n) is 2.24. The van der Waals surface area contributed by atoms with Crippen molar-refractivity contribution in [2.75, 3.05) is 20.8 Å². The third kappa shape index (κ3) is 5.25. The van der Waals surface area contributed by atoms with Gasteiger partial charge < -0.3 is 14.8 Å². The fraction of sp³-hybridized carbons (Fsp3) is 0.412. The van der Waals surface area contributed by atoms with E-state index in [2.05, 4.69) is 10.3 Å². The summed E-state index contributed by atoms with van der Waals surface area (Å²) in [6.45, 7) is 2.57. The number of ether oxygens (including phenoxy) is 2. The summed E-state index contributed by atoms with van der Waals surface area (Å²) >= 11 is 1.61. The van der Waals surface area contributed by atoms with Crippen molar-refractivity contribution in [3.8, 4) is 11.5 Å². The number of benzene rings is 1. The van der Waals surface area contributed by atoms with E-state index < -0.39 is 0 Å². The Hall–Kier alpha value is -2.08. The minimum atomic E-state index is 0.0520. The van der Waals surface area contributed by atoms with Crippen LogP contribution >= 0.6 is 11.3 Å². The van der Waals surface area contributed by atoms with Crippen molar-refractivity contribution in [3.63, 3.8) is 0 Å². The molecule has 5 nitrogen and oxygen atoms in total. The zero-order valence-electron chi connectivity index (χ0n) is 13.7. The molecule has 1 amide bonds. The van der Waals surface area contributed by atoms with Crippen LogP contribution in [0.15, 0.2) is 23.6 Å². The lowest BCUT2D eigenvalue weighted by molar-refractivity contribution is -0.121. The average molecular weight is 334 g/mol. The minimum Gasteiger partial charge on any atom is -0.493 e. The molecule has 6 heteroatoms. The number of carbonyl (C=O) groups is 1. The van der Waals surface area contributed by atoms with E-state index in [1.165, 1.54) is 0 Å². The molecule has 0 unspecified atom stereocenters. The molecule has 0 radical (unpaired) electrons. The van der Waals surface area contributed by atoms with Gasteiger partial charge in [-0.15, -0.1) is 11.3 Å². The van der Waals surface area contributed by atoms with E-state index in [1.807, 2.05) is 30.5 Å². The van der Waals surface area contributed by atoms with Gasteiger partial charge in [0.05, 0.1) is 24.9 Å². The highest BCUT2D eigenvalue weighted by Gasteiger charge is 2.06. The number of aryl methyl sites for hydroxylation is 2. The number of aromatic nitrogens is 1. The van der Waals surface area contributed by atoms with Crippen molar-refractivity contribution in [1.82, 2.24) is 10.3 Å². The Labute approximate surface area is 140 Å². The Balaban J connectivity index is 1.74. The topological polar surface area (TPSA) is 60.5 Å². The zero-order chi connectivity index (χ0) is 16.7. The van der Waals surface area contributed by atoms with Crippen LogP contribution in [0, 0.1) is 6.92 Å². The molecule has 1 aromatic heterocycles. The van der Waals surface area contributed by atoms with Crippen molar-refractivity contribution < 1.29 is 14.3 Å². The predicted octanol–water partition coefficient (Wildman–Crippen LogP) is 2.76. The van der Waals surface area contributed by atoms with Gasteiger partial charge in [0, 0.05) is 18.3 Å². The lowest BCUT2D eigenvalue weighted by atomic mass is 10.1. The molecule has 1 heterocycles. The Morgan fingerprint density at radius 2 is 2.00 bits per heavy atom. The van der Waals surface area contributed by atoms with Crippen LogP contribution in [0.4, 0.5) is 0 Å². The van der Waals surface area contributed by atoms with Crippen LogP contribution in [0.25, 0.3) is 0 Å². The number of nitrogens with zero attached hydrogens (tertiary/aromatic N) is 1. The smallest absolute Gasteiger partial charge is 0.220 e. The molecular formula is C17H22N2O3S. The van der Waals surface area contributed by atoms with Crippen LogP contribution < -0.4 is 14.8 Å². The maximum Gasteiger partial charge on any atom is 0.220 e. The van der Waals surface area contributed by atoms with Gasteiger partial charge in [-0.25, -0.2) is 4.98 Å². The molecule has 0 aliphatic heterocycles. The first-order chi connectivity index (χ1) is 11.1. The van der Waals surface area contributed by atoms with Crippen molar-refractivity contribution in [2.45, 2.75) is 26.2 Å². The standard InChI is InChI=1S/C17H22N2O3S/c1-12-19-14(11-23-12)5-7-17(20)18-9-8-13-4-6-15(21-2)16(10-13)22-3/h4,6,10-11H,5,7-9H2,1-3H3,(H,18,20). The van der Waals surface area contributed by atoms with Gasteiger partial charge in [0.25, 0.3) is 0 Å². The van der Waals surface area contributed by atoms with E-state index in [-0.39, 0.29) is 5.91 Å². The minimum absolute atomic E-state index is 0.0520. The van der Waals surface area contributed by atoms with Gasteiger partial charge in [0.2, 0.25) is 5.91 Å². The zero-order valence-corrected chi connectivity index (χ0v) is 14.5. The number of hydrogen-bond acceptors (Lipinski definition) is 5. The van der Waals surface area contributed by atoms with Crippen LogP contribution in [0.2, 0.25) is 0 Å². The van der Waals surface area contributed by atoms with Gasteiger partial charge in [-0.2, -0.15) is 0 Å². The van der Waals surface area contributed by atoms with Gasteiger partial charge in [0.1, 0.15) is 0 Å². The van der Waals surface area contributed by atoms with E-state index in [9.17, 15) is 4.79 Å². The molecule has 0 fully saturated rings. The lowest BCUT2D eigenvalue weighted by Crippen LogP contribution is -2.25. The second kappa shape index (κ2) is 8.53. The first-order valence-corrected chi connectivity index (χ1v) is 8.39. The van der Waals surface area contributed by atoms with Crippen molar-refractivity contribution in [1.29, 1.82) is 0 Å². The molecule has 0 saturated heterocycles. The van der Waals surface area contributed by atoms with E-state index in [0.29, 0.717) is 30.9 Å². The second-order valence-corrected chi connectivity index (χ2v) is 6.21. The number of carbonyl (C=O) groups excluding carboxylic acids is 1. The third-order valence-electron chi connectivity index (χ3n) is 3.46. The molecule has 1 aromatic carbocycles. The van der Waals surface area contributed by atoms with Crippen LogP contribution in [-0.4, -0.2) is 31.7 Å². The van der Waals surface area contributed by atoms with Crippen LogP contribution in [0.1, 0.15) is 22.7 Å². The summed E-state index contributed by atoms with van der Waals surface area (Å²) in [5.74, 6) is 1.46. The second-order valence-electron chi connectivity index (χ2n) is 5.15. The predicted molar refractivity (Wildman–Crippen MR) is 91.4 cm³/mol. The molecule has 0 aliphatic carbocycles. The number of nitrogens with one attached hydrogen (secondary N) is 1. The van der Waals surface area contributed by atoms with Gasteiger partial charge in [-0.1, -0.05) is 6.07 Å². The van der Waals surface area contributed by atoms with E-state index >= 15 is 0 Å². The molecule has 2 aromatic rings. The average Bonchev–Trinajstić information content (AvgIpc) is 2.98. The quantitative estimate of drug-likeness (QED) is 0.806. The largest absolute Gasteiger partial charge is 0.493 e. The van der Waals surface area contributed by atoms with Crippen LogP contribution in [0.3, 0.4) is 0 Å². The molecule has 124 valence electrons. The summed E-state index contributed by atoms with van der Waals surface area (Å²) in [4.78, 5) is 16.2. The van der Waals surface area contributed by atoms with Gasteiger partial charge >= 0.3 is 0 Å². The summed E-state index contributed by atoms with van der Waals surface area (Å²) < 4.78 is 10.5. The summed E-state index contributed by atoms with van der Waals surface area (Å²) in [7, 11) is 3.23. The Kier molecular flexibility index (Phi) is 6.40. The number of amides is 1. The number of hydrogen-bond donors (Lipinski definition) is 1. The lowest BCUT2D eigenvalue weighted by Gasteiger charge is -2.10. The number of rotatable bonds is 8. The van der Waals surface area contributed by atoms with Crippen molar-refractivity contribution in [2.24, 2.45) is 0 Å². The number of methoxy groups -OCH3 is 2. The Morgan fingerprint density at radius 1 is 1.22 bits per heavy atom. The molecule has 2 rings (SSSR count). The highest BCUT2D eigenvalue weighted by atomic mass is 32.1. The highest BCUT2D eigenvalue weighted by Crippen LogP contribution is 2.27. The van der Waals surface area contributed by atoms with Gasteiger partial charge in [0.15, 0.2) is 11.5 Å². The highest BCUT2D eigenvalue weighted by molar-refractivity contribution is 7.09. The molecule has 1 N–H and O–H groups in total. The SMILES string of the molecule is COc1ccc(CCNC(=O)CCc2csc(C)n2)cc1OC. The number of thiazole rings is 1. The molecule has 0 spiro atoms. The maximum atomic E-state index is 11.9. The normalized spacial score (nSPS) is 10.4. The molecule has 23 heavy (non-hydrogen) atoms. The van der Waals surface area contributed by atoms with Crippen LogP contribution in [-0.2, 0) is 17.6 Å². The maximum absolute atomic E-state index is 11.9. The molecule has 0 bridgehead atoms. The fourth-order valence-corrected chi connectivity index (χ4v) is 2.88. The Bertz CT molecular complexity index is 655. The summed E-state index contributed by atoms with van der Waals surface area (Å²) in [5, 5.41) is 5.98. The van der Waals surface area contributed by atoms with E-state index in [4.69, 9.17) is 9.47 Å². The monoisotopic (exact) mass is 334 g/mol. The molecular weight excluding hydrogens is 312 g/mol. The summed E-state index contributed by atoms with van der Waals surface area (Å²) in [6, 6.07) is 5.79. The summed E-state index contributed by atoms with van der Waals surface area (Å²) in [6.07, 6.45) is 1.91. The van der Waals surface area contributed by atoms with Gasteiger partial charge in [-0.3, -0.25) is 4.79 Å².